The van der Waals surface area contributed by atoms with E-state index in [4.69, 9.17) is 4.42 Å². The van der Waals surface area contributed by atoms with Gasteiger partial charge in [0.1, 0.15) is 0 Å². The first-order chi connectivity index (χ1) is 14.2. The maximum atomic E-state index is 12.3. The van der Waals surface area contributed by atoms with E-state index in [0.717, 1.165) is 16.7 Å². The SMILES string of the molecule is CC(NC(=O)CCc1nnc(-c2ccsc2)o1)c1ccc(-c2ccccc2)cc1. The maximum absolute atomic E-state index is 12.3. The summed E-state index contributed by atoms with van der Waals surface area (Å²) in [5.74, 6) is 0.926. The first kappa shape index (κ1) is 19.1. The van der Waals surface area contributed by atoms with Gasteiger partial charge in [0.05, 0.1) is 6.04 Å². The highest BCUT2D eigenvalue weighted by atomic mass is 32.1. The number of aromatic nitrogens is 2. The van der Waals surface area contributed by atoms with E-state index in [1.165, 1.54) is 5.56 Å². The molecule has 0 bridgehead atoms. The van der Waals surface area contributed by atoms with Crippen molar-refractivity contribution in [2.24, 2.45) is 0 Å². The Morgan fingerprint density at radius 1 is 1.00 bits per heavy atom. The molecule has 0 saturated carbocycles. The molecule has 0 radical (unpaired) electrons. The molecule has 1 amide bonds. The Balaban J connectivity index is 1.30. The predicted octanol–water partition coefficient (Wildman–Crippen LogP) is 5.28. The van der Waals surface area contributed by atoms with E-state index in [1.54, 1.807) is 11.3 Å². The van der Waals surface area contributed by atoms with Crippen LogP contribution in [0.25, 0.3) is 22.6 Å². The summed E-state index contributed by atoms with van der Waals surface area (Å²) in [5, 5.41) is 15.0. The zero-order valence-corrected chi connectivity index (χ0v) is 16.9. The first-order valence-electron chi connectivity index (χ1n) is 9.49. The molecule has 1 atom stereocenters. The Morgan fingerprint density at radius 2 is 1.76 bits per heavy atom. The number of benzene rings is 2. The van der Waals surface area contributed by atoms with Gasteiger partial charge in [0.15, 0.2) is 0 Å². The van der Waals surface area contributed by atoms with Crippen molar-refractivity contribution in [2.45, 2.75) is 25.8 Å². The quantitative estimate of drug-likeness (QED) is 0.456. The molecule has 0 fully saturated rings. The molecule has 1 unspecified atom stereocenters. The summed E-state index contributed by atoms with van der Waals surface area (Å²) in [5.41, 5.74) is 4.31. The van der Waals surface area contributed by atoms with Crippen molar-refractivity contribution in [2.75, 3.05) is 0 Å². The normalized spacial score (nSPS) is 11.9. The maximum Gasteiger partial charge on any atom is 0.248 e. The topological polar surface area (TPSA) is 68.0 Å². The minimum Gasteiger partial charge on any atom is -0.421 e. The molecule has 29 heavy (non-hydrogen) atoms. The highest BCUT2D eigenvalue weighted by molar-refractivity contribution is 7.08. The smallest absolute Gasteiger partial charge is 0.248 e. The number of hydrogen-bond donors (Lipinski definition) is 1. The van der Waals surface area contributed by atoms with Gasteiger partial charge in [-0.3, -0.25) is 4.79 Å². The van der Waals surface area contributed by atoms with Crippen LogP contribution in [0.2, 0.25) is 0 Å². The minimum absolute atomic E-state index is 0.0417. The van der Waals surface area contributed by atoms with Crippen LogP contribution in [0, 0.1) is 0 Å². The van der Waals surface area contributed by atoms with Crippen LogP contribution in [-0.2, 0) is 11.2 Å². The summed E-state index contributed by atoms with van der Waals surface area (Å²) in [6.07, 6.45) is 0.723. The molecule has 1 N–H and O–H groups in total. The largest absolute Gasteiger partial charge is 0.421 e. The lowest BCUT2D eigenvalue weighted by atomic mass is 10.0. The Hall–Kier alpha value is -3.25. The molecule has 0 aliphatic carbocycles. The molecule has 6 heteroatoms. The van der Waals surface area contributed by atoms with Crippen LogP contribution in [0.3, 0.4) is 0 Å². The lowest BCUT2D eigenvalue weighted by Gasteiger charge is -2.14. The number of hydrogen-bond acceptors (Lipinski definition) is 5. The van der Waals surface area contributed by atoms with Crippen molar-refractivity contribution in [1.29, 1.82) is 0 Å². The highest BCUT2D eigenvalue weighted by Crippen LogP contribution is 2.22. The van der Waals surface area contributed by atoms with E-state index in [-0.39, 0.29) is 11.9 Å². The second kappa shape index (κ2) is 8.84. The van der Waals surface area contributed by atoms with Gasteiger partial charge in [0, 0.05) is 23.8 Å². The van der Waals surface area contributed by atoms with Crippen molar-refractivity contribution in [3.63, 3.8) is 0 Å². The van der Waals surface area contributed by atoms with Crippen LogP contribution < -0.4 is 5.32 Å². The van der Waals surface area contributed by atoms with Crippen molar-refractivity contribution in [1.82, 2.24) is 15.5 Å². The van der Waals surface area contributed by atoms with Gasteiger partial charge in [0.2, 0.25) is 17.7 Å². The van der Waals surface area contributed by atoms with Crippen LogP contribution in [0.15, 0.2) is 75.8 Å². The molecule has 0 spiro atoms. The fraction of sp³-hybridized carbons (Fsp3) is 0.174. The molecule has 0 aliphatic rings. The molecule has 2 aromatic carbocycles. The number of nitrogens with zero attached hydrogens (tertiary/aromatic N) is 2. The zero-order valence-electron chi connectivity index (χ0n) is 16.0. The number of thiophene rings is 1. The van der Waals surface area contributed by atoms with Gasteiger partial charge in [-0.2, -0.15) is 11.3 Å². The van der Waals surface area contributed by atoms with E-state index >= 15 is 0 Å². The molecular weight excluding hydrogens is 382 g/mol. The van der Waals surface area contributed by atoms with Crippen LogP contribution >= 0.6 is 11.3 Å². The van der Waals surface area contributed by atoms with Crippen molar-refractivity contribution < 1.29 is 9.21 Å². The molecule has 4 aromatic rings. The number of carbonyl (C=O) groups is 1. The van der Waals surface area contributed by atoms with Gasteiger partial charge in [-0.25, -0.2) is 0 Å². The van der Waals surface area contributed by atoms with Gasteiger partial charge >= 0.3 is 0 Å². The fourth-order valence-electron chi connectivity index (χ4n) is 3.07. The Morgan fingerprint density at radius 3 is 2.48 bits per heavy atom. The second-order valence-electron chi connectivity index (χ2n) is 6.79. The monoisotopic (exact) mass is 403 g/mol. The molecule has 0 saturated heterocycles. The van der Waals surface area contributed by atoms with Crippen LogP contribution in [0.5, 0.6) is 0 Å². The lowest BCUT2D eigenvalue weighted by molar-refractivity contribution is -0.121. The first-order valence-corrected chi connectivity index (χ1v) is 10.4. The molecule has 5 nitrogen and oxygen atoms in total. The molecule has 0 aliphatic heterocycles. The predicted molar refractivity (Wildman–Crippen MR) is 114 cm³/mol. The third-order valence-corrected chi connectivity index (χ3v) is 5.38. The molecule has 4 rings (SSSR count). The van der Waals surface area contributed by atoms with Crippen LogP contribution in [0.1, 0.15) is 30.8 Å². The van der Waals surface area contributed by atoms with E-state index < -0.39 is 0 Å². The van der Waals surface area contributed by atoms with Crippen LogP contribution in [-0.4, -0.2) is 16.1 Å². The average Bonchev–Trinajstić information content (AvgIpc) is 3.45. The van der Waals surface area contributed by atoms with Crippen LogP contribution in [0.4, 0.5) is 0 Å². The minimum atomic E-state index is -0.0728. The Labute approximate surface area is 173 Å². The van der Waals surface area contributed by atoms with E-state index in [1.807, 2.05) is 41.9 Å². The highest BCUT2D eigenvalue weighted by Gasteiger charge is 2.13. The van der Waals surface area contributed by atoms with Gasteiger partial charge < -0.3 is 9.73 Å². The van der Waals surface area contributed by atoms with E-state index in [2.05, 4.69) is 51.9 Å². The second-order valence-corrected chi connectivity index (χ2v) is 7.57. The van der Waals surface area contributed by atoms with Gasteiger partial charge in [0.25, 0.3) is 0 Å². The number of nitrogens with one attached hydrogen (secondary N) is 1. The fourth-order valence-corrected chi connectivity index (χ4v) is 3.70. The third kappa shape index (κ3) is 4.78. The summed E-state index contributed by atoms with van der Waals surface area (Å²) in [4.78, 5) is 12.3. The average molecular weight is 404 g/mol. The summed E-state index contributed by atoms with van der Waals surface area (Å²) < 4.78 is 5.63. The van der Waals surface area contributed by atoms with Crippen molar-refractivity contribution in [3.8, 4) is 22.6 Å². The third-order valence-electron chi connectivity index (χ3n) is 4.70. The van der Waals surface area contributed by atoms with E-state index in [9.17, 15) is 4.79 Å². The van der Waals surface area contributed by atoms with Gasteiger partial charge in [-0.1, -0.05) is 54.6 Å². The number of amides is 1. The summed E-state index contributed by atoms with van der Waals surface area (Å²) in [6, 6.07) is 20.4. The molecule has 146 valence electrons. The standard InChI is InChI=1S/C23H21N3O2S/c1-16(17-7-9-19(10-8-17)18-5-3-2-4-6-18)24-21(27)11-12-22-25-26-23(28-22)20-13-14-29-15-20/h2-10,13-16H,11-12H2,1H3,(H,24,27). The number of rotatable bonds is 7. The molecule has 2 heterocycles. The zero-order chi connectivity index (χ0) is 20.1. The summed E-state index contributed by atoms with van der Waals surface area (Å²) >= 11 is 1.57. The summed E-state index contributed by atoms with van der Waals surface area (Å²) in [6.45, 7) is 1.98. The van der Waals surface area contributed by atoms with Crippen molar-refractivity contribution in [3.05, 3.63) is 82.9 Å². The summed E-state index contributed by atoms with van der Waals surface area (Å²) in [7, 11) is 0. The Bertz CT molecular complexity index is 1060. The van der Waals surface area contributed by atoms with E-state index in [0.29, 0.717) is 24.6 Å². The molecular formula is C23H21N3O2S. The number of aryl methyl sites for hydroxylation is 1. The van der Waals surface area contributed by atoms with Crippen molar-refractivity contribution >= 4 is 17.2 Å². The van der Waals surface area contributed by atoms with Gasteiger partial charge in [-0.05, 0) is 35.1 Å². The molecule has 2 aromatic heterocycles. The Kier molecular flexibility index (Phi) is 5.81. The lowest BCUT2D eigenvalue weighted by Crippen LogP contribution is -2.26. The van der Waals surface area contributed by atoms with Gasteiger partial charge in [-0.15, -0.1) is 10.2 Å². The number of carbonyl (C=O) groups excluding carboxylic acids is 1.